The topological polar surface area (TPSA) is 42.1 Å². The van der Waals surface area contributed by atoms with Crippen LogP contribution >= 0.6 is 11.6 Å². The average Bonchev–Trinajstić information content (AvgIpc) is 2.28. The van der Waals surface area contributed by atoms with Gasteiger partial charge in [0.15, 0.2) is 0 Å². The van der Waals surface area contributed by atoms with Crippen molar-refractivity contribution in [1.82, 2.24) is 4.98 Å². The predicted molar refractivity (Wildman–Crippen MR) is 64.1 cm³/mol. The molecule has 0 saturated heterocycles. The number of benzene rings is 1. The molecule has 0 aliphatic heterocycles. The number of halogens is 1. The highest BCUT2D eigenvalue weighted by atomic mass is 35.5. The average molecular weight is 236 g/mol. The van der Waals surface area contributed by atoms with Gasteiger partial charge in [-0.1, -0.05) is 17.7 Å². The van der Waals surface area contributed by atoms with Crippen molar-refractivity contribution in [2.45, 2.75) is 0 Å². The van der Waals surface area contributed by atoms with Crippen LogP contribution in [0.4, 0.5) is 0 Å². The van der Waals surface area contributed by atoms with Gasteiger partial charge in [-0.2, -0.15) is 0 Å². The van der Waals surface area contributed by atoms with Gasteiger partial charge in [-0.3, -0.25) is 4.79 Å². The number of H-pyrrole nitrogens is 1. The van der Waals surface area contributed by atoms with Gasteiger partial charge in [0.05, 0.1) is 7.11 Å². The van der Waals surface area contributed by atoms with Crippen LogP contribution in [0.3, 0.4) is 0 Å². The maximum atomic E-state index is 11.2. The van der Waals surface area contributed by atoms with Crippen LogP contribution in [-0.2, 0) is 0 Å². The third-order valence-electron chi connectivity index (χ3n) is 2.19. The van der Waals surface area contributed by atoms with Gasteiger partial charge in [0.1, 0.15) is 5.75 Å². The number of ether oxygens (including phenoxy) is 1. The number of aromatic nitrogens is 1. The molecule has 0 atom stereocenters. The summed E-state index contributed by atoms with van der Waals surface area (Å²) in [7, 11) is 1.57. The largest absolute Gasteiger partial charge is 0.497 e. The molecule has 1 aromatic heterocycles. The number of pyridine rings is 1. The minimum absolute atomic E-state index is 0.142. The normalized spacial score (nSPS) is 10.1. The summed E-state index contributed by atoms with van der Waals surface area (Å²) in [5.74, 6) is 0.659. The minimum atomic E-state index is -0.142. The van der Waals surface area contributed by atoms with Crippen LogP contribution in [0.2, 0.25) is 5.02 Å². The molecule has 0 unspecified atom stereocenters. The molecule has 0 amide bonds. The van der Waals surface area contributed by atoms with E-state index in [9.17, 15) is 4.79 Å². The third kappa shape index (κ3) is 2.25. The van der Waals surface area contributed by atoms with E-state index in [1.54, 1.807) is 25.3 Å². The van der Waals surface area contributed by atoms with E-state index in [2.05, 4.69) is 4.98 Å². The molecule has 82 valence electrons. The molecular weight excluding hydrogens is 226 g/mol. The number of rotatable bonds is 2. The van der Waals surface area contributed by atoms with Crippen LogP contribution < -0.4 is 10.3 Å². The number of hydrogen-bond acceptors (Lipinski definition) is 2. The molecular formula is C12H10ClNO2. The fourth-order valence-electron chi connectivity index (χ4n) is 1.45. The summed E-state index contributed by atoms with van der Waals surface area (Å²) in [6.45, 7) is 0. The van der Waals surface area contributed by atoms with Crippen molar-refractivity contribution in [2.75, 3.05) is 7.11 Å². The summed E-state index contributed by atoms with van der Waals surface area (Å²) in [4.78, 5) is 13.9. The van der Waals surface area contributed by atoms with E-state index in [0.717, 1.165) is 5.56 Å². The quantitative estimate of drug-likeness (QED) is 0.870. The maximum Gasteiger partial charge on any atom is 0.248 e. The molecule has 2 aromatic rings. The van der Waals surface area contributed by atoms with E-state index in [1.807, 2.05) is 12.1 Å². The van der Waals surface area contributed by atoms with Gasteiger partial charge in [0.2, 0.25) is 5.56 Å². The molecule has 2 rings (SSSR count). The highest BCUT2D eigenvalue weighted by Crippen LogP contribution is 2.26. The SMILES string of the molecule is COc1cc(Cl)cc(-c2cccc(=O)[nH]2)c1. The number of methoxy groups -OCH3 is 1. The second kappa shape index (κ2) is 4.41. The molecule has 0 aliphatic rings. The summed E-state index contributed by atoms with van der Waals surface area (Å²) < 4.78 is 5.11. The summed E-state index contributed by atoms with van der Waals surface area (Å²) in [5, 5.41) is 0.569. The van der Waals surface area contributed by atoms with Crippen molar-refractivity contribution < 1.29 is 4.74 Å². The first-order valence-corrected chi connectivity index (χ1v) is 5.11. The molecule has 4 heteroatoms. The van der Waals surface area contributed by atoms with Crippen molar-refractivity contribution >= 4 is 11.6 Å². The van der Waals surface area contributed by atoms with Crippen LogP contribution in [0.25, 0.3) is 11.3 Å². The van der Waals surface area contributed by atoms with Crippen molar-refractivity contribution in [3.05, 3.63) is 51.8 Å². The zero-order valence-electron chi connectivity index (χ0n) is 8.66. The standard InChI is InChI=1S/C12H10ClNO2/c1-16-10-6-8(5-9(13)7-10)11-3-2-4-12(15)14-11/h2-7H,1H3,(H,14,15). The molecule has 0 aliphatic carbocycles. The van der Waals surface area contributed by atoms with E-state index in [4.69, 9.17) is 16.3 Å². The molecule has 1 heterocycles. The van der Waals surface area contributed by atoms with Crippen LogP contribution in [0.15, 0.2) is 41.2 Å². The lowest BCUT2D eigenvalue weighted by Crippen LogP contribution is -2.03. The van der Waals surface area contributed by atoms with Crippen molar-refractivity contribution in [2.24, 2.45) is 0 Å². The van der Waals surface area contributed by atoms with Gasteiger partial charge < -0.3 is 9.72 Å². The Labute approximate surface area is 97.7 Å². The Balaban J connectivity index is 2.55. The zero-order chi connectivity index (χ0) is 11.5. The van der Waals surface area contributed by atoms with Crippen molar-refractivity contribution in [1.29, 1.82) is 0 Å². The molecule has 1 aromatic carbocycles. The molecule has 16 heavy (non-hydrogen) atoms. The van der Waals surface area contributed by atoms with Gasteiger partial charge in [-0.25, -0.2) is 0 Å². The molecule has 0 saturated carbocycles. The van der Waals surface area contributed by atoms with Crippen LogP contribution in [0, 0.1) is 0 Å². The first-order valence-electron chi connectivity index (χ1n) is 4.73. The lowest BCUT2D eigenvalue weighted by molar-refractivity contribution is 0.415. The molecule has 3 nitrogen and oxygen atoms in total. The molecule has 0 spiro atoms. The molecule has 0 radical (unpaired) electrons. The van der Waals surface area contributed by atoms with Gasteiger partial charge in [0.25, 0.3) is 0 Å². The van der Waals surface area contributed by atoms with Gasteiger partial charge in [0, 0.05) is 22.3 Å². The lowest BCUT2D eigenvalue weighted by Gasteiger charge is -2.05. The summed E-state index contributed by atoms with van der Waals surface area (Å²) in [5.41, 5.74) is 1.40. The summed E-state index contributed by atoms with van der Waals surface area (Å²) in [6.07, 6.45) is 0. The van der Waals surface area contributed by atoms with Crippen molar-refractivity contribution in [3.63, 3.8) is 0 Å². The van der Waals surface area contributed by atoms with Crippen molar-refractivity contribution in [3.8, 4) is 17.0 Å². The zero-order valence-corrected chi connectivity index (χ0v) is 9.41. The van der Waals surface area contributed by atoms with Gasteiger partial charge in [-0.15, -0.1) is 0 Å². The predicted octanol–water partition coefficient (Wildman–Crippen LogP) is 2.70. The van der Waals surface area contributed by atoms with E-state index in [1.165, 1.54) is 6.07 Å². The Hall–Kier alpha value is -1.74. The first-order chi connectivity index (χ1) is 7.69. The monoisotopic (exact) mass is 235 g/mol. The fourth-order valence-corrected chi connectivity index (χ4v) is 1.68. The molecule has 1 N–H and O–H groups in total. The number of hydrogen-bond donors (Lipinski definition) is 1. The first kappa shape index (κ1) is 10.8. The van der Waals surface area contributed by atoms with E-state index in [0.29, 0.717) is 16.5 Å². The Bertz CT molecular complexity index is 563. The highest BCUT2D eigenvalue weighted by molar-refractivity contribution is 6.31. The number of aromatic amines is 1. The highest BCUT2D eigenvalue weighted by Gasteiger charge is 2.03. The number of nitrogens with one attached hydrogen (secondary N) is 1. The van der Waals surface area contributed by atoms with E-state index >= 15 is 0 Å². The molecule has 0 bridgehead atoms. The Kier molecular flexibility index (Phi) is 2.97. The third-order valence-corrected chi connectivity index (χ3v) is 2.40. The van der Waals surface area contributed by atoms with Crippen LogP contribution in [0.1, 0.15) is 0 Å². The lowest BCUT2D eigenvalue weighted by atomic mass is 10.1. The van der Waals surface area contributed by atoms with Crippen LogP contribution in [0.5, 0.6) is 5.75 Å². The van der Waals surface area contributed by atoms with Gasteiger partial charge >= 0.3 is 0 Å². The smallest absolute Gasteiger partial charge is 0.248 e. The maximum absolute atomic E-state index is 11.2. The van der Waals surface area contributed by atoms with Crippen LogP contribution in [-0.4, -0.2) is 12.1 Å². The summed E-state index contributed by atoms with van der Waals surface area (Å²) >= 11 is 5.95. The Morgan fingerprint density at radius 1 is 1.25 bits per heavy atom. The second-order valence-corrected chi connectivity index (χ2v) is 3.74. The molecule has 0 fully saturated rings. The van der Waals surface area contributed by atoms with Gasteiger partial charge in [-0.05, 0) is 24.3 Å². The van der Waals surface area contributed by atoms with E-state index in [-0.39, 0.29) is 5.56 Å². The minimum Gasteiger partial charge on any atom is -0.497 e. The Morgan fingerprint density at radius 2 is 2.06 bits per heavy atom. The van der Waals surface area contributed by atoms with E-state index < -0.39 is 0 Å². The second-order valence-electron chi connectivity index (χ2n) is 3.31. The Morgan fingerprint density at radius 3 is 2.75 bits per heavy atom. The summed E-state index contributed by atoms with van der Waals surface area (Å²) in [6, 6.07) is 10.3. The fraction of sp³-hybridized carbons (Fsp3) is 0.0833.